The molecule has 1 aliphatic carbocycles. The maximum absolute atomic E-state index is 11.2. The van der Waals surface area contributed by atoms with E-state index in [4.69, 9.17) is 0 Å². The largest absolute Gasteiger partial charge is 0.300 e. The molecule has 1 rings (SSSR count). The summed E-state index contributed by atoms with van der Waals surface area (Å²) in [5.74, 6) is 0.738. The zero-order chi connectivity index (χ0) is 8.81. The molecular weight excluding hydrogens is 148 g/mol. The van der Waals surface area contributed by atoms with Crippen molar-refractivity contribution in [3.8, 4) is 0 Å². The van der Waals surface area contributed by atoms with Crippen LogP contribution in [0.4, 0.5) is 0 Å². The van der Waals surface area contributed by atoms with E-state index >= 15 is 0 Å². The van der Waals surface area contributed by atoms with Crippen LogP contribution < -0.4 is 0 Å². The zero-order valence-electron chi connectivity index (χ0n) is 7.88. The predicted molar refractivity (Wildman–Crippen MR) is 51.0 cm³/mol. The lowest BCUT2D eigenvalue weighted by Gasteiger charge is -2.10. The quantitative estimate of drug-likeness (QED) is 0.547. The lowest BCUT2D eigenvalue weighted by Crippen LogP contribution is -2.10. The van der Waals surface area contributed by atoms with Gasteiger partial charge >= 0.3 is 0 Å². The third-order valence-electron chi connectivity index (χ3n) is 2.59. The van der Waals surface area contributed by atoms with Gasteiger partial charge < -0.3 is 0 Å². The molecule has 1 aliphatic rings. The number of hydrogen-bond acceptors (Lipinski definition) is 1. The van der Waals surface area contributed by atoms with E-state index in [1.54, 1.807) is 6.92 Å². The van der Waals surface area contributed by atoms with Crippen molar-refractivity contribution >= 4 is 5.78 Å². The smallest absolute Gasteiger partial charge is 0.132 e. The van der Waals surface area contributed by atoms with E-state index in [2.05, 4.69) is 12.2 Å². The van der Waals surface area contributed by atoms with Gasteiger partial charge in [-0.25, -0.2) is 0 Å². The first-order valence-electron chi connectivity index (χ1n) is 4.96. The van der Waals surface area contributed by atoms with E-state index in [-0.39, 0.29) is 0 Å². The van der Waals surface area contributed by atoms with E-state index in [0.29, 0.717) is 11.7 Å². The fourth-order valence-electron chi connectivity index (χ4n) is 1.75. The Balaban J connectivity index is 2.39. The number of hydrogen-bond donors (Lipinski definition) is 0. The van der Waals surface area contributed by atoms with Gasteiger partial charge in [0, 0.05) is 5.92 Å². The molecule has 1 nitrogen and oxygen atoms in total. The zero-order valence-corrected chi connectivity index (χ0v) is 7.88. The molecule has 0 aromatic rings. The third-order valence-corrected chi connectivity index (χ3v) is 2.59. The monoisotopic (exact) mass is 166 g/mol. The Hall–Kier alpha value is -0.590. The number of carbonyl (C=O) groups is 1. The SMILES string of the molecule is CC(=O)C1CCC/C=C\CCC1. The van der Waals surface area contributed by atoms with E-state index in [1.165, 1.54) is 12.8 Å². The molecule has 0 radical (unpaired) electrons. The average Bonchev–Trinajstić information content (AvgIpc) is 2.15. The van der Waals surface area contributed by atoms with E-state index in [1.807, 2.05) is 0 Å². The van der Waals surface area contributed by atoms with Gasteiger partial charge in [-0.2, -0.15) is 0 Å². The molecule has 1 heteroatoms. The summed E-state index contributed by atoms with van der Waals surface area (Å²) in [7, 11) is 0. The summed E-state index contributed by atoms with van der Waals surface area (Å²) in [6, 6.07) is 0. The maximum atomic E-state index is 11.2. The molecule has 0 spiro atoms. The molecule has 0 saturated heterocycles. The molecule has 0 heterocycles. The second kappa shape index (κ2) is 5.13. The van der Waals surface area contributed by atoms with Crippen LogP contribution in [0.25, 0.3) is 0 Å². The van der Waals surface area contributed by atoms with Gasteiger partial charge in [-0.3, -0.25) is 4.79 Å². The van der Waals surface area contributed by atoms with Gasteiger partial charge in [0.05, 0.1) is 0 Å². The van der Waals surface area contributed by atoms with Crippen LogP contribution in [0.15, 0.2) is 12.2 Å². The summed E-state index contributed by atoms with van der Waals surface area (Å²) in [5, 5.41) is 0. The second-order valence-electron chi connectivity index (χ2n) is 3.64. The molecule has 0 N–H and O–H groups in total. The minimum absolute atomic E-state index is 0.352. The van der Waals surface area contributed by atoms with Gasteiger partial charge in [-0.15, -0.1) is 0 Å². The molecule has 0 aliphatic heterocycles. The first-order valence-corrected chi connectivity index (χ1v) is 4.96. The molecule has 0 aromatic carbocycles. The van der Waals surface area contributed by atoms with Gasteiger partial charge in [0.1, 0.15) is 5.78 Å². The van der Waals surface area contributed by atoms with Gasteiger partial charge in [0.25, 0.3) is 0 Å². The van der Waals surface area contributed by atoms with E-state index in [9.17, 15) is 4.79 Å². The van der Waals surface area contributed by atoms with Crippen molar-refractivity contribution in [3.05, 3.63) is 12.2 Å². The van der Waals surface area contributed by atoms with Gasteiger partial charge in [-0.1, -0.05) is 12.2 Å². The Bertz CT molecular complexity index is 158. The Labute approximate surface area is 74.9 Å². The Kier molecular flexibility index (Phi) is 4.06. The van der Waals surface area contributed by atoms with Crippen LogP contribution in [0, 0.1) is 5.92 Å². The van der Waals surface area contributed by atoms with Crippen molar-refractivity contribution in [3.63, 3.8) is 0 Å². The molecule has 0 unspecified atom stereocenters. The maximum Gasteiger partial charge on any atom is 0.132 e. The summed E-state index contributed by atoms with van der Waals surface area (Å²) in [5.41, 5.74) is 0. The minimum Gasteiger partial charge on any atom is -0.300 e. The van der Waals surface area contributed by atoms with Crippen LogP contribution in [-0.2, 0) is 4.79 Å². The summed E-state index contributed by atoms with van der Waals surface area (Å²) in [4.78, 5) is 11.2. The molecular formula is C11H18O. The highest BCUT2D eigenvalue weighted by Crippen LogP contribution is 2.19. The van der Waals surface area contributed by atoms with Crippen molar-refractivity contribution in [2.75, 3.05) is 0 Å². The van der Waals surface area contributed by atoms with Crippen LogP contribution in [0.3, 0.4) is 0 Å². The Morgan fingerprint density at radius 2 is 1.67 bits per heavy atom. The lowest BCUT2D eigenvalue weighted by molar-refractivity contribution is -0.121. The highest BCUT2D eigenvalue weighted by molar-refractivity contribution is 5.78. The van der Waals surface area contributed by atoms with Crippen LogP contribution in [0.2, 0.25) is 0 Å². The molecule has 0 atom stereocenters. The number of ketones is 1. The number of allylic oxidation sites excluding steroid dienone is 2. The Morgan fingerprint density at radius 3 is 2.08 bits per heavy atom. The van der Waals surface area contributed by atoms with Crippen LogP contribution in [0.5, 0.6) is 0 Å². The van der Waals surface area contributed by atoms with Crippen LogP contribution >= 0.6 is 0 Å². The lowest BCUT2D eigenvalue weighted by atomic mass is 9.93. The first-order chi connectivity index (χ1) is 5.80. The highest BCUT2D eigenvalue weighted by atomic mass is 16.1. The normalized spacial score (nSPS) is 23.8. The van der Waals surface area contributed by atoms with E-state index in [0.717, 1.165) is 25.7 Å². The fourth-order valence-corrected chi connectivity index (χ4v) is 1.75. The van der Waals surface area contributed by atoms with Gasteiger partial charge in [0.2, 0.25) is 0 Å². The summed E-state index contributed by atoms with van der Waals surface area (Å²) < 4.78 is 0. The van der Waals surface area contributed by atoms with E-state index < -0.39 is 0 Å². The summed E-state index contributed by atoms with van der Waals surface area (Å²) >= 11 is 0. The number of Topliss-reactive ketones (excluding diaryl/α,β-unsaturated/α-hetero) is 1. The molecule has 0 saturated carbocycles. The van der Waals surface area contributed by atoms with Crippen LogP contribution in [0.1, 0.15) is 45.4 Å². The fraction of sp³-hybridized carbons (Fsp3) is 0.727. The predicted octanol–water partition coefficient (Wildman–Crippen LogP) is 3.10. The molecule has 0 bridgehead atoms. The molecule has 0 amide bonds. The molecule has 12 heavy (non-hydrogen) atoms. The van der Waals surface area contributed by atoms with Crippen molar-refractivity contribution in [2.24, 2.45) is 5.92 Å². The van der Waals surface area contributed by atoms with Crippen molar-refractivity contribution in [2.45, 2.75) is 45.4 Å². The third kappa shape index (κ3) is 3.21. The number of carbonyl (C=O) groups excluding carboxylic acids is 1. The van der Waals surface area contributed by atoms with Crippen molar-refractivity contribution in [1.29, 1.82) is 0 Å². The average molecular weight is 166 g/mol. The van der Waals surface area contributed by atoms with Crippen molar-refractivity contribution in [1.82, 2.24) is 0 Å². The summed E-state index contributed by atoms with van der Waals surface area (Å²) in [6.07, 6.45) is 11.4. The van der Waals surface area contributed by atoms with Crippen LogP contribution in [-0.4, -0.2) is 5.78 Å². The van der Waals surface area contributed by atoms with Crippen molar-refractivity contribution < 1.29 is 4.79 Å². The molecule has 0 fully saturated rings. The minimum atomic E-state index is 0.352. The Morgan fingerprint density at radius 1 is 1.17 bits per heavy atom. The first kappa shape index (κ1) is 9.50. The highest BCUT2D eigenvalue weighted by Gasteiger charge is 2.13. The molecule has 68 valence electrons. The molecule has 0 aromatic heterocycles. The summed E-state index contributed by atoms with van der Waals surface area (Å²) in [6.45, 7) is 1.73. The van der Waals surface area contributed by atoms with Gasteiger partial charge in [0.15, 0.2) is 0 Å². The topological polar surface area (TPSA) is 17.1 Å². The second-order valence-corrected chi connectivity index (χ2v) is 3.64. The van der Waals surface area contributed by atoms with Gasteiger partial charge in [-0.05, 0) is 45.4 Å². The number of rotatable bonds is 1. The standard InChI is InChI=1S/C11H18O/c1-10(12)11-8-6-4-2-3-5-7-9-11/h2-3,11H,4-9H2,1H3/b3-2-.